The maximum atomic E-state index is 12.3. The summed E-state index contributed by atoms with van der Waals surface area (Å²) in [6.45, 7) is 5.86. The van der Waals surface area contributed by atoms with Crippen LogP contribution < -0.4 is 11.2 Å². The Bertz CT molecular complexity index is 1030. The third-order valence-corrected chi connectivity index (χ3v) is 6.02. The van der Waals surface area contributed by atoms with Crippen LogP contribution >= 0.6 is 23.1 Å². The third kappa shape index (κ3) is 4.96. The Kier molecular flexibility index (Phi) is 6.55. The molecular weight excluding hydrogens is 410 g/mol. The number of benzene rings is 1. The summed E-state index contributed by atoms with van der Waals surface area (Å²) >= 11 is 2.37. The number of nitrogens with zero attached hydrogens (tertiary/aromatic N) is 3. The van der Waals surface area contributed by atoms with E-state index in [0.29, 0.717) is 27.5 Å². The number of esters is 1. The lowest BCUT2D eigenvalue weighted by molar-refractivity contribution is -0.113. The molecule has 3 aromatic rings. The average molecular weight is 432 g/mol. The Morgan fingerprint density at radius 3 is 2.66 bits per heavy atom. The smallest absolute Gasteiger partial charge is 0.348 e. The number of thiophene rings is 1. The Balaban J connectivity index is 1.61. The number of ether oxygens (including phenoxy) is 1. The van der Waals surface area contributed by atoms with Crippen molar-refractivity contribution in [1.29, 1.82) is 0 Å². The van der Waals surface area contributed by atoms with Gasteiger partial charge in [-0.15, -0.1) is 21.5 Å². The summed E-state index contributed by atoms with van der Waals surface area (Å²) in [6, 6.07) is 9.53. The summed E-state index contributed by atoms with van der Waals surface area (Å²) in [6.07, 6.45) is 0. The van der Waals surface area contributed by atoms with Crippen LogP contribution in [0.5, 0.6) is 0 Å². The van der Waals surface area contributed by atoms with Gasteiger partial charge in [-0.3, -0.25) is 4.79 Å². The lowest BCUT2D eigenvalue weighted by atomic mass is 10.1. The van der Waals surface area contributed by atoms with Crippen LogP contribution in [0.2, 0.25) is 0 Å². The zero-order chi connectivity index (χ0) is 21.0. The van der Waals surface area contributed by atoms with Crippen molar-refractivity contribution in [3.05, 3.63) is 46.3 Å². The van der Waals surface area contributed by atoms with Gasteiger partial charge in [0.15, 0.2) is 5.82 Å². The van der Waals surface area contributed by atoms with Crippen LogP contribution in [0.25, 0.3) is 11.4 Å². The topological polar surface area (TPSA) is 112 Å². The van der Waals surface area contributed by atoms with Crippen molar-refractivity contribution < 1.29 is 14.3 Å². The highest BCUT2D eigenvalue weighted by Crippen LogP contribution is 2.28. The second kappa shape index (κ2) is 9.10. The van der Waals surface area contributed by atoms with Crippen LogP contribution in [0.4, 0.5) is 5.00 Å². The number of thioether (sulfide) groups is 1. The number of hydrogen-bond donors (Lipinski definition) is 2. The molecular formula is C19H21N5O3S2. The first-order valence-electron chi connectivity index (χ1n) is 8.86. The molecule has 0 unspecified atom stereocenters. The third-order valence-electron chi connectivity index (χ3n) is 3.95. The average Bonchev–Trinajstić information content (AvgIpc) is 3.23. The first-order valence-corrected chi connectivity index (χ1v) is 10.7. The number of nitrogens with one attached hydrogen (secondary N) is 1. The molecule has 0 spiro atoms. The van der Waals surface area contributed by atoms with Gasteiger partial charge < -0.3 is 15.9 Å². The molecule has 3 rings (SSSR count). The minimum absolute atomic E-state index is 0.106. The van der Waals surface area contributed by atoms with E-state index in [1.54, 1.807) is 19.9 Å². The number of aromatic nitrogens is 3. The number of carbonyl (C=O) groups is 2. The predicted molar refractivity (Wildman–Crippen MR) is 115 cm³/mol. The van der Waals surface area contributed by atoms with Gasteiger partial charge in [0.05, 0.1) is 17.4 Å². The van der Waals surface area contributed by atoms with Gasteiger partial charge >= 0.3 is 5.97 Å². The fourth-order valence-corrected chi connectivity index (χ4v) is 4.16. The number of anilines is 1. The number of nitrogen functional groups attached to an aromatic ring is 1. The second-order valence-corrected chi connectivity index (χ2v) is 8.22. The standard InChI is InChI=1S/C19H21N5O3S2/c1-4-27-18(26)16-12(3)9-15(29-16)21-14(25)10-28-19-23-22-17(24(19)20)13-7-5-11(2)6-8-13/h5-9H,4,10,20H2,1-3H3,(H,21,25). The molecule has 1 amide bonds. The molecule has 152 valence electrons. The summed E-state index contributed by atoms with van der Waals surface area (Å²) in [5, 5.41) is 12.0. The quantitative estimate of drug-likeness (QED) is 0.335. The number of nitrogens with two attached hydrogens (primary N) is 1. The summed E-state index contributed by atoms with van der Waals surface area (Å²) in [4.78, 5) is 24.7. The largest absolute Gasteiger partial charge is 0.462 e. The van der Waals surface area contributed by atoms with Crippen molar-refractivity contribution in [2.24, 2.45) is 0 Å². The maximum Gasteiger partial charge on any atom is 0.348 e. The molecule has 2 aromatic heterocycles. The Morgan fingerprint density at radius 1 is 1.24 bits per heavy atom. The fraction of sp³-hybridized carbons (Fsp3) is 0.263. The van der Waals surface area contributed by atoms with Gasteiger partial charge in [-0.25, -0.2) is 9.47 Å². The van der Waals surface area contributed by atoms with Crippen LogP contribution in [-0.4, -0.2) is 39.1 Å². The van der Waals surface area contributed by atoms with E-state index in [9.17, 15) is 9.59 Å². The number of hydrogen-bond acceptors (Lipinski definition) is 8. The normalized spacial score (nSPS) is 10.7. The zero-order valence-electron chi connectivity index (χ0n) is 16.3. The van der Waals surface area contributed by atoms with Crippen LogP contribution in [0, 0.1) is 13.8 Å². The summed E-state index contributed by atoms with van der Waals surface area (Å²) in [5.41, 5.74) is 2.75. The second-order valence-electron chi connectivity index (χ2n) is 6.22. The summed E-state index contributed by atoms with van der Waals surface area (Å²) < 4.78 is 6.39. The van der Waals surface area contributed by atoms with E-state index in [2.05, 4.69) is 15.5 Å². The van der Waals surface area contributed by atoms with Crippen LogP contribution in [-0.2, 0) is 9.53 Å². The fourth-order valence-electron chi connectivity index (χ4n) is 2.52. The number of aryl methyl sites for hydroxylation is 2. The zero-order valence-corrected chi connectivity index (χ0v) is 17.9. The molecule has 0 bridgehead atoms. The van der Waals surface area contributed by atoms with E-state index in [4.69, 9.17) is 10.6 Å². The van der Waals surface area contributed by atoms with E-state index in [-0.39, 0.29) is 17.6 Å². The molecule has 0 atom stereocenters. The van der Waals surface area contributed by atoms with Crippen molar-refractivity contribution in [1.82, 2.24) is 14.9 Å². The lowest BCUT2D eigenvalue weighted by Crippen LogP contribution is -2.16. The molecule has 0 saturated heterocycles. The molecule has 0 radical (unpaired) electrons. The van der Waals surface area contributed by atoms with Crippen molar-refractivity contribution >= 4 is 40.0 Å². The van der Waals surface area contributed by atoms with Crippen LogP contribution in [0.1, 0.15) is 27.7 Å². The summed E-state index contributed by atoms with van der Waals surface area (Å²) in [5.74, 6) is 6.11. The van der Waals surface area contributed by atoms with Crippen molar-refractivity contribution in [2.45, 2.75) is 25.9 Å². The highest BCUT2D eigenvalue weighted by Gasteiger charge is 2.17. The van der Waals surface area contributed by atoms with Gasteiger partial charge in [-0.1, -0.05) is 41.6 Å². The first kappa shape index (κ1) is 20.9. The predicted octanol–water partition coefficient (Wildman–Crippen LogP) is 3.24. The minimum Gasteiger partial charge on any atom is -0.462 e. The minimum atomic E-state index is -0.384. The molecule has 3 N–H and O–H groups in total. The van der Waals surface area contributed by atoms with Gasteiger partial charge in [0, 0.05) is 5.56 Å². The molecule has 8 nitrogen and oxygen atoms in total. The van der Waals surface area contributed by atoms with Gasteiger partial charge in [-0.2, -0.15) is 0 Å². The SMILES string of the molecule is CCOC(=O)c1sc(NC(=O)CSc2nnc(-c3ccc(C)cc3)n2N)cc1C. The van der Waals surface area contributed by atoms with Gasteiger partial charge in [0.25, 0.3) is 0 Å². The molecule has 0 aliphatic carbocycles. The highest BCUT2D eigenvalue weighted by atomic mass is 32.2. The maximum absolute atomic E-state index is 12.3. The van der Waals surface area contributed by atoms with Gasteiger partial charge in [0.1, 0.15) is 4.88 Å². The molecule has 0 aliphatic rings. The van der Waals surface area contributed by atoms with Crippen LogP contribution in [0.3, 0.4) is 0 Å². The monoisotopic (exact) mass is 431 g/mol. The van der Waals surface area contributed by atoms with Crippen LogP contribution in [0.15, 0.2) is 35.5 Å². The molecule has 1 aromatic carbocycles. The molecule has 0 aliphatic heterocycles. The van der Waals surface area contributed by atoms with Crippen molar-refractivity contribution in [2.75, 3.05) is 23.5 Å². The molecule has 0 fully saturated rings. The van der Waals surface area contributed by atoms with E-state index in [0.717, 1.165) is 16.7 Å². The van der Waals surface area contributed by atoms with Gasteiger partial charge in [0.2, 0.25) is 11.1 Å². The van der Waals surface area contributed by atoms with E-state index >= 15 is 0 Å². The van der Waals surface area contributed by atoms with Gasteiger partial charge in [-0.05, 0) is 32.4 Å². The molecule has 0 saturated carbocycles. The number of amides is 1. The Hall–Kier alpha value is -2.85. The lowest BCUT2D eigenvalue weighted by Gasteiger charge is -2.04. The summed E-state index contributed by atoms with van der Waals surface area (Å²) in [7, 11) is 0. The van der Waals surface area contributed by atoms with E-state index in [1.165, 1.54) is 27.8 Å². The first-order chi connectivity index (χ1) is 13.9. The number of rotatable bonds is 7. The van der Waals surface area contributed by atoms with E-state index in [1.807, 2.05) is 31.2 Å². The highest BCUT2D eigenvalue weighted by molar-refractivity contribution is 7.99. The molecule has 29 heavy (non-hydrogen) atoms. The molecule has 10 heteroatoms. The number of carbonyl (C=O) groups excluding carboxylic acids is 2. The van der Waals surface area contributed by atoms with E-state index < -0.39 is 0 Å². The van der Waals surface area contributed by atoms with Crippen molar-refractivity contribution in [3.63, 3.8) is 0 Å². The Labute approximate surface area is 176 Å². The van der Waals surface area contributed by atoms with Crippen molar-refractivity contribution in [3.8, 4) is 11.4 Å². The molecule has 2 heterocycles. The Morgan fingerprint density at radius 2 is 1.97 bits per heavy atom.